The van der Waals surface area contributed by atoms with E-state index in [1.165, 1.54) is 0 Å². The number of nitrogens with two attached hydrogens (primary N) is 1. The number of carbonyl (C=O) groups is 1. The quantitative estimate of drug-likeness (QED) is 0.821. The molecule has 0 saturated heterocycles. The van der Waals surface area contributed by atoms with Crippen molar-refractivity contribution in [2.75, 3.05) is 19.0 Å². The predicted molar refractivity (Wildman–Crippen MR) is 69.4 cm³/mol. The highest BCUT2D eigenvalue weighted by molar-refractivity contribution is 5.91. The number of carbonyl (C=O) groups excluding carboxylic acids is 1. The smallest absolute Gasteiger partial charge is 0.224 e. The van der Waals surface area contributed by atoms with Crippen LogP contribution in [0.15, 0.2) is 12.1 Å². The molecule has 1 amide bonds. The number of benzene rings is 1. The van der Waals surface area contributed by atoms with Crippen molar-refractivity contribution in [3.8, 4) is 5.75 Å². The Balaban J connectivity index is 2.76. The standard InChI is InChI=1S/C13H20N2O2/c1-9-7-11(8-10(2)13(9)17-3)15-12(16)5-4-6-14/h7-8H,4-6,14H2,1-3H3,(H,15,16). The van der Waals surface area contributed by atoms with Gasteiger partial charge in [0.2, 0.25) is 5.91 Å². The Morgan fingerprint density at radius 2 is 1.94 bits per heavy atom. The third kappa shape index (κ3) is 3.75. The molecule has 4 nitrogen and oxygen atoms in total. The summed E-state index contributed by atoms with van der Waals surface area (Å²) < 4.78 is 5.27. The van der Waals surface area contributed by atoms with Gasteiger partial charge in [0.15, 0.2) is 0 Å². The normalized spacial score (nSPS) is 10.1. The first kappa shape index (κ1) is 13.5. The predicted octanol–water partition coefficient (Wildman–Crippen LogP) is 1.99. The zero-order valence-electron chi connectivity index (χ0n) is 10.7. The molecule has 0 atom stereocenters. The molecule has 1 aromatic rings. The lowest BCUT2D eigenvalue weighted by Crippen LogP contribution is -2.13. The monoisotopic (exact) mass is 236 g/mol. The Morgan fingerprint density at radius 3 is 2.41 bits per heavy atom. The van der Waals surface area contributed by atoms with E-state index in [9.17, 15) is 4.79 Å². The minimum absolute atomic E-state index is 0.000540. The van der Waals surface area contributed by atoms with Crippen LogP contribution in [0.3, 0.4) is 0 Å². The van der Waals surface area contributed by atoms with Crippen molar-refractivity contribution in [3.63, 3.8) is 0 Å². The molecule has 94 valence electrons. The first-order valence-corrected chi connectivity index (χ1v) is 5.73. The first-order chi connectivity index (χ1) is 8.08. The minimum atomic E-state index is -0.000540. The summed E-state index contributed by atoms with van der Waals surface area (Å²) in [6.07, 6.45) is 1.17. The van der Waals surface area contributed by atoms with Crippen molar-refractivity contribution >= 4 is 11.6 Å². The summed E-state index contributed by atoms with van der Waals surface area (Å²) in [5.41, 5.74) is 8.20. The Labute approximate surface area is 102 Å². The second-order valence-electron chi connectivity index (χ2n) is 4.08. The molecule has 0 fully saturated rings. The van der Waals surface area contributed by atoms with Gasteiger partial charge >= 0.3 is 0 Å². The summed E-state index contributed by atoms with van der Waals surface area (Å²) in [5.74, 6) is 0.865. The maximum Gasteiger partial charge on any atom is 0.224 e. The minimum Gasteiger partial charge on any atom is -0.496 e. The van der Waals surface area contributed by atoms with E-state index in [2.05, 4.69) is 5.32 Å². The summed E-state index contributed by atoms with van der Waals surface area (Å²) in [5, 5.41) is 2.86. The Hall–Kier alpha value is -1.55. The van der Waals surface area contributed by atoms with E-state index in [1.54, 1.807) is 7.11 Å². The summed E-state index contributed by atoms with van der Waals surface area (Å²) in [6, 6.07) is 3.82. The van der Waals surface area contributed by atoms with Crippen LogP contribution in [0.2, 0.25) is 0 Å². The maximum absolute atomic E-state index is 11.6. The number of aryl methyl sites for hydroxylation is 2. The van der Waals surface area contributed by atoms with Gasteiger partial charge in [-0.05, 0) is 50.1 Å². The van der Waals surface area contributed by atoms with Crippen LogP contribution in [-0.4, -0.2) is 19.6 Å². The molecule has 0 unspecified atom stereocenters. The number of methoxy groups -OCH3 is 1. The van der Waals surface area contributed by atoms with Crippen LogP contribution in [0.1, 0.15) is 24.0 Å². The maximum atomic E-state index is 11.6. The number of anilines is 1. The zero-order chi connectivity index (χ0) is 12.8. The van der Waals surface area contributed by atoms with Gasteiger partial charge in [0, 0.05) is 12.1 Å². The highest BCUT2D eigenvalue weighted by Gasteiger charge is 2.07. The van der Waals surface area contributed by atoms with Gasteiger partial charge in [-0.15, -0.1) is 0 Å². The molecule has 0 aliphatic rings. The van der Waals surface area contributed by atoms with E-state index in [0.29, 0.717) is 19.4 Å². The van der Waals surface area contributed by atoms with Gasteiger partial charge < -0.3 is 15.8 Å². The number of hydrogen-bond donors (Lipinski definition) is 2. The summed E-state index contributed by atoms with van der Waals surface area (Å²) >= 11 is 0. The molecule has 0 spiro atoms. The Kier molecular flexibility index (Phi) is 4.97. The van der Waals surface area contributed by atoms with Crippen LogP contribution in [0.4, 0.5) is 5.69 Å². The van der Waals surface area contributed by atoms with E-state index >= 15 is 0 Å². The van der Waals surface area contributed by atoms with Crippen LogP contribution < -0.4 is 15.8 Å². The van der Waals surface area contributed by atoms with E-state index in [-0.39, 0.29) is 5.91 Å². The van der Waals surface area contributed by atoms with Gasteiger partial charge in [-0.25, -0.2) is 0 Å². The third-order valence-electron chi connectivity index (χ3n) is 2.56. The molecule has 3 N–H and O–H groups in total. The lowest BCUT2D eigenvalue weighted by molar-refractivity contribution is -0.116. The molecule has 17 heavy (non-hydrogen) atoms. The van der Waals surface area contributed by atoms with E-state index in [0.717, 1.165) is 22.6 Å². The molecule has 0 saturated carbocycles. The highest BCUT2D eigenvalue weighted by Crippen LogP contribution is 2.26. The molecule has 1 rings (SSSR count). The van der Waals surface area contributed by atoms with Crippen molar-refractivity contribution in [3.05, 3.63) is 23.3 Å². The number of amides is 1. The average Bonchev–Trinajstić information content (AvgIpc) is 2.26. The number of nitrogens with one attached hydrogen (secondary N) is 1. The molecule has 0 aromatic heterocycles. The fourth-order valence-corrected chi connectivity index (χ4v) is 1.83. The molecule has 1 aromatic carbocycles. The fourth-order valence-electron chi connectivity index (χ4n) is 1.83. The van der Waals surface area contributed by atoms with Crippen molar-refractivity contribution in [1.82, 2.24) is 0 Å². The molecule has 0 aliphatic carbocycles. The molecular weight excluding hydrogens is 216 g/mol. The van der Waals surface area contributed by atoms with Crippen LogP contribution in [0.25, 0.3) is 0 Å². The van der Waals surface area contributed by atoms with E-state index in [1.807, 2.05) is 26.0 Å². The Morgan fingerprint density at radius 1 is 1.35 bits per heavy atom. The fraction of sp³-hybridized carbons (Fsp3) is 0.462. The molecular formula is C13H20N2O2. The molecule has 0 bridgehead atoms. The van der Waals surface area contributed by atoms with Crippen molar-refractivity contribution in [2.24, 2.45) is 5.73 Å². The van der Waals surface area contributed by atoms with Crippen LogP contribution in [0, 0.1) is 13.8 Å². The molecule has 4 heteroatoms. The largest absolute Gasteiger partial charge is 0.496 e. The summed E-state index contributed by atoms with van der Waals surface area (Å²) in [7, 11) is 1.65. The molecule has 0 radical (unpaired) electrons. The van der Waals surface area contributed by atoms with Gasteiger partial charge in [0.05, 0.1) is 7.11 Å². The van der Waals surface area contributed by atoms with Crippen molar-refractivity contribution in [2.45, 2.75) is 26.7 Å². The van der Waals surface area contributed by atoms with Crippen molar-refractivity contribution in [1.29, 1.82) is 0 Å². The number of ether oxygens (including phenoxy) is 1. The lowest BCUT2D eigenvalue weighted by atomic mass is 10.1. The summed E-state index contributed by atoms with van der Waals surface area (Å²) in [6.45, 7) is 4.46. The van der Waals surface area contributed by atoms with E-state index in [4.69, 9.17) is 10.5 Å². The lowest BCUT2D eigenvalue weighted by Gasteiger charge is -2.12. The van der Waals surface area contributed by atoms with Crippen molar-refractivity contribution < 1.29 is 9.53 Å². The number of hydrogen-bond acceptors (Lipinski definition) is 3. The second kappa shape index (κ2) is 6.25. The highest BCUT2D eigenvalue weighted by atomic mass is 16.5. The average molecular weight is 236 g/mol. The second-order valence-corrected chi connectivity index (χ2v) is 4.08. The van der Waals surface area contributed by atoms with Crippen LogP contribution in [0.5, 0.6) is 5.75 Å². The van der Waals surface area contributed by atoms with Gasteiger partial charge in [-0.1, -0.05) is 0 Å². The SMILES string of the molecule is COc1c(C)cc(NC(=O)CCCN)cc1C. The van der Waals surface area contributed by atoms with Gasteiger partial charge in [0.1, 0.15) is 5.75 Å². The molecule has 0 aliphatic heterocycles. The molecule has 0 heterocycles. The Bertz CT molecular complexity index is 379. The van der Waals surface area contributed by atoms with Crippen LogP contribution >= 0.6 is 0 Å². The van der Waals surface area contributed by atoms with Crippen LogP contribution in [-0.2, 0) is 4.79 Å². The topological polar surface area (TPSA) is 64.3 Å². The summed E-state index contributed by atoms with van der Waals surface area (Å²) in [4.78, 5) is 11.6. The third-order valence-corrected chi connectivity index (χ3v) is 2.56. The van der Waals surface area contributed by atoms with Gasteiger partial charge in [-0.3, -0.25) is 4.79 Å². The van der Waals surface area contributed by atoms with Gasteiger partial charge in [0.25, 0.3) is 0 Å². The zero-order valence-corrected chi connectivity index (χ0v) is 10.7. The van der Waals surface area contributed by atoms with E-state index < -0.39 is 0 Å². The first-order valence-electron chi connectivity index (χ1n) is 5.73. The number of rotatable bonds is 5. The van der Waals surface area contributed by atoms with Gasteiger partial charge in [-0.2, -0.15) is 0 Å².